The highest BCUT2D eigenvalue weighted by Gasteiger charge is 2.10. The predicted octanol–water partition coefficient (Wildman–Crippen LogP) is 2.86. The summed E-state index contributed by atoms with van der Waals surface area (Å²) in [4.78, 5) is 6.51. The number of aromatic nitrogens is 1. The number of hydrogen-bond donors (Lipinski definition) is 1. The molecule has 1 aromatic rings. The van der Waals surface area contributed by atoms with E-state index in [-0.39, 0.29) is 0 Å². The van der Waals surface area contributed by atoms with E-state index >= 15 is 0 Å². The van der Waals surface area contributed by atoms with Gasteiger partial charge in [0.25, 0.3) is 0 Å². The topological polar surface area (TPSA) is 16.1 Å². The second-order valence-electron chi connectivity index (χ2n) is 4.14. The Morgan fingerprint density at radius 1 is 1.31 bits per heavy atom. The van der Waals surface area contributed by atoms with Gasteiger partial charge in [0.15, 0.2) is 0 Å². The van der Waals surface area contributed by atoms with Gasteiger partial charge < -0.3 is 0 Å². The summed E-state index contributed by atoms with van der Waals surface area (Å²) in [6, 6.07) is 4.18. The SMILES string of the molecule is CCC(CS)CN(CC)Cc1ccncc1. The molecule has 0 saturated carbocycles. The van der Waals surface area contributed by atoms with E-state index in [0.717, 1.165) is 25.4 Å². The maximum atomic E-state index is 4.40. The van der Waals surface area contributed by atoms with Crippen LogP contribution in [0.15, 0.2) is 24.5 Å². The summed E-state index contributed by atoms with van der Waals surface area (Å²) >= 11 is 4.40. The molecule has 0 bridgehead atoms. The van der Waals surface area contributed by atoms with Crippen LogP contribution in [0.3, 0.4) is 0 Å². The van der Waals surface area contributed by atoms with Gasteiger partial charge in [-0.25, -0.2) is 0 Å². The lowest BCUT2D eigenvalue weighted by molar-refractivity contribution is 0.240. The number of hydrogen-bond acceptors (Lipinski definition) is 3. The van der Waals surface area contributed by atoms with Crippen LogP contribution in [0.25, 0.3) is 0 Å². The average Bonchev–Trinajstić information content (AvgIpc) is 2.35. The van der Waals surface area contributed by atoms with E-state index in [1.54, 1.807) is 0 Å². The third-order valence-electron chi connectivity index (χ3n) is 2.95. The summed E-state index contributed by atoms with van der Waals surface area (Å²) < 4.78 is 0. The number of nitrogens with zero attached hydrogens (tertiary/aromatic N) is 2. The first-order chi connectivity index (χ1) is 7.80. The van der Waals surface area contributed by atoms with Crippen molar-refractivity contribution in [1.29, 1.82) is 0 Å². The second-order valence-corrected chi connectivity index (χ2v) is 4.51. The minimum Gasteiger partial charge on any atom is -0.299 e. The van der Waals surface area contributed by atoms with Crippen LogP contribution in [0.1, 0.15) is 25.8 Å². The Kier molecular flexibility index (Phi) is 6.50. The molecule has 0 N–H and O–H groups in total. The fourth-order valence-corrected chi connectivity index (χ4v) is 2.11. The lowest BCUT2D eigenvalue weighted by Crippen LogP contribution is -2.29. The van der Waals surface area contributed by atoms with Crippen LogP contribution >= 0.6 is 12.6 Å². The molecular weight excluding hydrogens is 216 g/mol. The van der Waals surface area contributed by atoms with Crippen molar-refractivity contribution >= 4 is 12.6 Å². The van der Waals surface area contributed by atoms with Gasteiger partial charge in [-0.05, 0) is 35.9 Å². The van der Waals surface area contributed by atoms with Gasteiger partial charge >= 0.3 is 0 Å². The maximum Gasteiger partial charge on any atom is 0.0271 e. The average molecular weight is 238 g/mol. The fourth-order valence-electron chi connectivity index (χ4n) is 1.73. The molecular formula is C13H22N2S. The zero-order chi connectivity index (χ0) is 11.8. The number of rotatable bonds is 7. The number of pyridine rings is 1. The van der Waals surface area contributed by atoms with E-state index in [9.17, 15) is 0 Å². The van der Waals surface area contributed by atoms with Crippen molar-refractivity contribution in [2.75, 3.05) is 18.8 Å². The summed E-state index contributed by atoms with van der Waals surface area (Å²) in [5, 5.41) is 0. The zero-order valence-electron chi connectivity index (χ0n) is 10.3. The first-order valence-corrected chi connectivity index (χ1v) is 6.65. The lowest BCUT2D eigenvalue weighted by Gasteiger charge is -2.24. The normalized spacial score (nSPS) is 13.0. The molecule has 1 unspecified atom stereocenters. The summed E-state index contributed by atoms with van der Waals surface area (Å²) in [7, 11) is 0. The molecule has 90 valence electrons. The Morgan fingerprint density at radius 3 is 2.50 bits per heavy atom. The summed E-state index contributed by atoms with van der Waals surface area (Å²) in [5.41, 5.74) is 1.34. The zero-order valence-corrected chi connectivity index (χ0v) is 11.2. The Balaban J connectivity index is 2.49. The molecule has 0 radical (unpaired) electrons. The van der Waals surface area contributed by atoms with Crippen LogP contribution in [0.5, 0.6) is 0 Å². The minimum absolute atomic E-state index is 0.699. The van der Waals surface area contributed by atoms with Crippen molar-refractivity contribution in [2.45, 2.75) is 26.8 Å². The Morgan fingerprint density at radius 2 is 2.00 bits per heavy atom. The van der Waals surface area contributed by atoms with Crippen molar-refractivity contribution in [2.24, 2.45) is 5.92 Å². The standard InChI is InChI=1S/C13H22N2S/c1-3-12(11-16)9-15(4-2)10-13-5-7-14-8-6-13/h5-8,12,16H,3-4,9-11H2,1-2H3. The van der Waals surface area contributed by atoms with Gasteiger partial charge in [-0.3, -0.25) is 9.88 Å². The smallest absolute Gasteiger partial charge is 0.0271 e. The van der Waals surface area contributed by atoms with E-state index in [0.29, 0.717) is 5.92 Å². The van der Waals surface area contributed by atoms with Crippen LogP contribution in [0, 0.1) is 5.92 Å². The Bertz CT molecular complexity index is 273. The fraction of sp³-hybridized carbons (Fsp3) is 0.615. The van der Waals surface area contributed by atoms with E-state index in [1.165, 1.54) is 12.0 Å². The van der Waals surface area contributed by atoms with Crippen molar-refractivity contribution in [1.82, 2.24) is 9.88 Å². The van der Waals surface area contributed by atoms with Gasteiger partial charge in [0.05, 0.1) is 0 Å². The molecule has 0 amide bonds. The largest absolute Gasteiger partial charge is 0.299 e. The molecule has 3 heteroatoms. The van der Waals surface area contributed by atoms with Gasteiger partial charge in [0.1, 0.15) is 0 Å². The van der Waals surface area contributed by atoms with Gasteiger partial charge in [-0.15, -0.1) is 0 Å². The molecule has 16 heavy (non-hydrogen) atoms. The molecule has 0 aliphatic rings. The van der Waals surface area contributed by atoms with Crippen LogP contribution in [-0.4, -0.2) is 28.7 Å². The highest BCUT2D eigenvalue weighted by molar-refractivity contribution is 7.80. The molecule has 1 heterocycles. The first-order valence-electron chi connectivity index (χ1n) is 6.02. The van der Waals surface area contributed by atoms with E-state index in [4.69, 9.17) is 0 Å². The molecule has 1 rings (SSSR count). The predicted molar refractivity (Wildman–Crippen MR) is 72.8 cm³/mol. The van der Waals surface area contributed by atoms with Crippen molar-refractivity contribution in [3.8, 4) is 0 Å². The quantitative estimate of drug-likeness (QED) is 0.735. The molecule has 0 spiro atoms. The Labute approximate surface area is 104 Å². The van der Waals surface area contributed by atoms with Gasteiger partial charge in [-0.1, -0.05) is 20.3 Å². The summed E-state index contributed by atoms with van der Waals surface area (Å²) in [5.74, 6) is 1.67. The lowest BCUT2D eigenvalue weighted by atomic mass is 10.1. The summed E-state index contributed by atoms with van der Waals surface area (Å²) in [6.45, 7) is 7.70. The highest BCUT2D eigenvalue weighted by Crippen LogP contribution is 2.10. The maximum absolute atomic E-state index is 4.40. The van der Waals surface area contributed by atoms with Crippen LogP contribution < -0.4 is 0 Å². The molecule has 0 aliphatic carbocycles. The third-order valence-corrected chi connectivity index (χ3v) is 3.47. The summed E-state index contributed by atoms with van der Waals surface area (Å²) in [6.07, 6.45) is 4.93. The molecule has 1 atom stereocenters. The molecule has 0 aromatic carbocycles. The highest BCUT2D eigenvalue weighted by atomic mass is 32.1. The first kappa shape index (κ1) is 13.5. The molecule has 1 aromatic heterocycles. The van der Waals surface area contributed by atoms with E-state index in [2.05, 4.69) is 48.5 Å². The van der Waals surface area contributed by atoms with Gasteiger partial charge in [-0.2, -0.15) is 12.6 Å². The minimum atomic E-state index is 0.699. The number of thiol groups is 1. The van der Waals surface area contributed by atoms with Crippen molar-refractivity contribution < 1.29 is 0 Å². The van der Waals surface area contributed by atoms with Crippen molar-refractivity contribution in [3.63, 3.8) is 0 Å². The molecule has 2 nitrogen and oxygen atoms in total. The van der Waals surface area contributed by atoms with E-state index < -0.39 is 0 Å². The van der Waals surface area contributed by atoms with E-state index in [1.807, 2.05) is 12.4 Å². The Hall–Kier alpha value is -0.540. The molecule has 0 fully saturated rings. The van der Waals surface area contributed by atoms with Gasteiger partial charge in [0, 0.05) is 25.5 Å². The van der Waals surface area contributed by atoms with Crippen LogP contribution in [0.2, 0.25) is 0 Å². The molecule has 0 saturated heterocycles. The third kappa shape index (κ3) is 4.54. The van der Waals surface area contributed by atoms with Crippen molar-refractivity contribution in [3.05, 3.63) is 30.1 Å². The molecule has 0 aliphatic heterocycles. The second kappa shape index (κ2) is 7.69. The van der Waals surface area contributed by atoms with Crippen LogP contribution in [-0.2, 0) is 6.54 Å². The monoisotopic (exact) mass is 238 g/mol. The van der Waals surface area contributed by atoms with Gasteiger partial charge in [0.2, 0.25) is 0 Å². The van der Waals surface area contributed by atoms with Crippen LogP contribution in [0.4, 0.5) is 0 Å².